The first-order valence-corrected chi connectivity index (χ1v) is 8.02. The van der Waals surface area contributed by atoms with Gasteiger partial charge in [-0.25, -0.2) is 4.98 Å². The Kier molecular flexibility index (Phi) is 5.25. The largest absolute Gasteiger partial charge is 0.482 e. The SMILES string of the molecule is Cc1nc(C(NC(=O)COc2ccccc2C#N)c2ccccc2)n[nH]1. The highest BCUT2D eigenvalue weighted by Gasteiger charge is 2.21. The van der Waals surface area contributed by atoms with Crippen molar-refractivity contribution in [2.45, 2.75) is 13.0 Å². The lowest BCUT2D eigenvalue weighted by atomic mass is 10.1. The molecule has 0 saturated carbocycles. The summed E-state index contributed by atoms with van der Waals surface area (Å²) in [5.74, 6) is 1.16. The molecule has 0 aliphatic carbocycles. The van der Waals surface area contributed by atoms with Gasteiger partial charge in [-0.2, -0.15) is 10.4 Å². The van der Waals surface area contributed by atoms with E-state index in [0.29, 0.717) is 23.0 Å². The number of hydrogen-bond donors (Lipinski definition) is 2. The van der Waals surface area contributed by atoms with E-state index in [0.717, 1.165) is 5.56 Å². The summed E-state index contributed by atoms with van der Waals surface area (Å²) in [6.45, 7) is 1.58. The van der Waals surface area contributed by atoms with Crippen molar-refractivity contribution < 1.29 is 9.53 Å². The molecule has 7 heteroatoms. The Bertz CT molecular complexity index is 930. The van der Waals surface area contributed by atoms with Gasteiger partial charge in [0.25, 0.3) is 5.91 Å². The van der Waals surface area contributed by atoms with Gasteiger partial charge >= 0.3 is 0 Å². The van der Waals surface area contributed by atoms with Gasteiger partial charge in [-0.1, -0.05) is 42.5 Å². The predicted octanol–water partition coefficient (Wildman–Crippen LogP) is 2.27. The average Bonchev–Trinajstić information content (AvgIpc) is 3.11. The first kappa shape index (κ1) is 17.2. The second-order valence-corrected chi connectivity index (χ2v) is 5.59. The molecule has 26 heavy (non-hydrogen) atoms. The quantitative estimate of drug-likeness (QED) is 0.712. The Balaban J connectivity index is 1.73. The van der Waals surface area contributed by atoms with Crippen LogP contribution in [0.5, 0.6) is 5.75 Å². The summed E-state index contributed by atoms with van der Waals surface area (Å²) in [6.07, 6.45) is 0. The van der Waals surface area contributed by atoms with Gasteiger partial charge in [-0.05, 0) is 24.6 Å². The lowest BCUT2D eigenvalue weighted by Crippen LogP contribution is -2.34. The Labute approximate surface area is 150 Å². The van der Waals surface area contributed by atoms with Crippen LogP contribution in [-0.4, -0.2) is 27.7 Å². The molecule has 2 N–H and O–H groups in total. The second kappa shape index (κ2) is 7.94. The van der Waals surface area contributed by atoms with Gasteiger partial charge < -0.3 is 10.1 Å². The van der Waals surface area contributed by atoms with Gasteiger partial charge in [0.05, 0.1) is 5.56 Å². The molecule has 1 unspecified atom stereocenters. The number of ether oxygens (including phenoxy) is 1. The molecule has 130 valence electrons. The number of nitrogens with zero attached hydrogens (tertiary/aromatic N) is 3. The molecule has 0 radical (unpaired) electrons. The molecule has 1 aromatic heterocycles. The summed E-state index contributed by atoms with van der Waals surface area (Å²) in [4.78, 5) is 16.7. The average molecular weight is 347 g/mol. The van der Waals surface area contributed by atoms with E-state index in [2.05, 4.69) is 20.5 Å². The topological polar surface area (TPSA) is 104 Å². The highest BCUT2D eigenvalue weighted by Crippen LogP contribution is 2.19. The number of amides is 1. The van der Waals surface area contributed by atoms with E-state index in [4.69, 9.17) is 10.00 Å². The fourth-order valence-corrected chi connectivity index (χ4v) is 2.46. The molecule has 1 heterocycles. The van der Waals surface area contributed by atoms with Crippen LogP contribution in [0.15, 0.2) is 54.6 Å². The van der Waals surface area contributed by atoms with Crippen LogP contribution in [0.25, 0.3) is 0 Å². The lowest BCUT2D eigenvalue weighted by molar-refractivity contribution is -0.123. The van der Waals surface area contributed by atoms with Gasteiger partial charge in [0.2, 0.25) is 0 Å². The maximum Gasteiger partial charge on any atom is 0.258 e. The third kappa shape index (κ3) is 4.05. The number of hydrogen-bond acceptors (Lipinski definition) is 5. The zero-order valence-electron chi connectivity index (χ0n) is 14.1. The number of carbonyl (C=O) groups is 1. The van der Waals surface area contributed by atoms with E-state index in [1.165, 1.54) is 0 Å². The third-order valence-electron chi connectivity index (χ3n) is 3.68. The van der Waals surface area contributed by atoms with E-state index < -0.39 is 6.04 Å². The van der Waals surface area contributed by atoms with Gasteiger partial charge in [-0.3, -0.25) is 9.89 Å². The minimum atomic E-state index is -0.497. The molecule has 2 aromatic carbocycles. The number of nitrogens with one attached hydrogen (secondary N) is 2. The summed E-state index contributed by atoms with van der Waals surface area (Å²) in [5, 5.41) is 18.9. The standard InChI is InChI=1S/C19H17N5O2/c1-13-21-19(24-23-13)18(14-7-3-2-4-8-14)22-17(25)12-26-16-10-6-5-9-15(16)11-20/h2-10,18H,12H2,1H3,(H,22,25)(H,21,23,24). The van der Waals surface area contributed by atoms with Crippen molar-refractivity contribution in [3.63, 3.8) is 0 Å². The molecule has 0 spiro atoms. The van der Waals surface area contributed by atoms with E-state index in [9.17, 15) is 4.79 Å². The van der Waals surface area contributed by atoms with Crippen LogP contribution >= 0.6 is 0 Å². The number of benzene rings is 2. The lowest BCUT2D eigenvalue weighted by Gasteiger charge is -2.16. The van der Waals surface area contributed by atoms with Crippen molar-refractivity contribution in [3.05, 3.63) is 77.4 Å². The molecular formula is C19H17N5O2. The van der Waals surface area contributed by atoms with Crippen LogP contribution in [-0.2, 0) is 4.79 Å². The number of aromatic nitrogens is 3. The number of carbonyl (C=O) groups excluding carboxylic acids is 1. The summed E-state index contributed by atoms with van der Waals surface area (Å²) in [5.41, 5.74) is 1.24. The first-order valence-electron chi connectivity index (χ1n) is 8.02. The number of H-pyrrole nitrogens is 1. The molecule has 0 saturated heterocycles. The van der Waals surface area contributed by atoms with E-state index in [-0.39, 0.29) is 12.5 Å². The fourth-order valence-electron chi connectivity index (χ4n) is 2.46. The molecule has 1 atom stereocenters. The van der Waals surface area contributed by atoms with Crippen LogP contribution < -0.4 is 10.1 Å². The molecule has 0 aliphatic heterocycles. The minimum Gasteiger partial charge on any atom is -0.482 e. The zero-order chi connectivity index (χ0) is 18.4. The minimum absolute atomic E-state index is 0.217. The van der Waals surface area contributed by atoms with E-state index in [1.807, 2.05) is 36.4 Å². The highest BCUT2D eigenvalue weighted by atomic mass is 16.5. The summed E-state index contributed by atoms with van der Waals surface area (Å²) in [7, 11) is 0. The maximum absolute atomic E-state index is 12.4. The van der Waals surface area contributed by atoms with Crippen LogP contribution in [0.1, 0.15) is 28.8 Å². The van der Waals surface area contributed by atoms with Crippen molar-refractivity contribution in [1.82, 2.24) is 20.5 Å². The molecule has 3 aromatic rings. The molecule has 3 rings (SSSR count). The Hall–Kier alpha value is -3.66. The van der Waals surface area contributed by atoms with E-state index >= 15 is 0 Å². The van der Waals surface area contributed by atoms with Gasteiger partial charge in [0.1, 0.15) is 23.7 Å². The van der Waals surface area contributed by atoms with Gasteiger partial charge in [0, 0.05) is 0 Å². The summed E-state index contributed by atoms with van der Waals surface area (Å²) < 4.78 is 5.48. The second-order valence-electron chi connectivity index (χ2n) is 5.59. The van der Waals surface area contributed by atoms with Gasteiger partial charge in [-0.15, -0.1) is 0 Å². The van der Waals surface area contributed by atoms with Crippen LogP contribution in [0.4, 0.5) is 0 Å². The highest BCUT2D eigenvalue weighted by molar-refractivity contribution is 5.78. The van der Waals surface area contributed by atoms with Crippen molar-refractivity contribution in [1.29, 1.82) is 5.26 Å². The van der Waals surface area contributed by atoms with E-state index in [1.54, 1.807) is 31.2 Å². The fraction of sp³-hybridized carbons (Fsp3) is 0.158. The Morgan fingerprint density at radius 3 is 2.65 bits per heavy atom. The number of rotatable bonds is 6. The molecule has 0 bridgehead atoms. The zero-order valence-corrected chi connectivity index (χ0v) is 14.1. The third-order valence-corrected chi connectivity index (χ3v) is 3.68. The van der Waals surface area contributed by atoms with Crippen LogP contribution in [0, 0.1) is 18.3 Å². The number of nitriles is 1. The smallest absolute Gasteiger partial charge is 0.258 e. The number of para-hydroxylation sites is 1. The molecule has 0 fully saturated rings. The Morgan fingerprint density at radius 1 is 1.23 bits per heavy atom. The summed E-state index contributed by atoms with van der Waals surface area (Å²) >= 11 is 0. The maximum atomic E-state index is 12.4. The molecule has 1 amide bonds. The summed E-state index contributed by atoms with van der Waals surface area (Å²) in [6, 6.07) is 17.8. The monoisotopic (exact) mass is 347 g/mol. The van der Waals surface area contributed by atoms with Crippen molar-refractivity contribution >= 4 is 5.91 Å². The van der Waals surface area contributed by atoms with Crippen molar-refractivity contribution in [2.24, 2.45) is 0 Å². The number of aryl methyl sites for hydroxylation is 1. The molecular weight excluding hydrogens is 330 g/mol. The predicted molar refractivity (Wildman–Crippen MR) is 94.2 cm³/mol. The van der Waals surface area contributed by atoms with Crippen molar-refractivity contribution in [3.8, 4) is 11.8 Å². The molecule has 0 aliphatic rings. The normalized spacial score (nSPS) is 11.4. The first-order chi connectivity index (χ1) is 12.7. The van der Waals surface area contributed by atoms with Crippen LogP contribution in [0.3, 0.4) is 0 Å². The van der Waals surface area contributed by atoms with Gasteiger partial charge in [0.15, 0.2) is 12.4 Å². The van der Waals surface area contributed by atoms with Crippen LogP contribution in [0.2, 0.25) is 0 Å². The Morgan fingerprint density at radius 2 is 1.96 bits per heavy atom. The molecule has 7 nitrogen and oxygen atoms in total. The van der Waals surface area contributed by atoms with Crippen molar-refractivity contribution in [2.75, 3.05) is 6.61 Å². The number of aromatic amines is 1.